The normalized spacial score (nSPS) is 45.8. The van der Waals surface area contributed by atoms with Gasteiger partial charge in [0.05, 0.1) is 6.20 Å². The van der Waals surface area contributed by atoms with Gasteiger partial charge in [-0.25, -0.2) is 19.0 Å². The quantitative estimate of drug-likeness (QED) is 0.759. The Morgan fingerprint density at radius 3 is 3.04 bits per heavy atom. The van der Waals surface area contributed by atoms with Crippen LogP contribution in [-0.4, -0.2) is 33.9 Å². The second-order valence-electron chi connectivity index (χ2n) is 8.35. The molecule has 1 saturated carbocycles. The van der Waals surface area contributed by atoms with E-state index in [4.69, 9.17) is 19.2 Å². The molecule has 1 aliphatic carbocycles. The van der Waals surface area contributed by atoms with Crippen molar-refractivity contribution in [2.24, 2.45) is 17.8 Å². The van der Waals surface area contributed by atoms with Gasteiger partial charge in [-0.2, -0.15) is 4.98 Å². The van der Waals surface area contributed by atoms with E-state index in [9.17, 15) is 9.18 Å². The molecule has 27 heavy (non-hydrogen) atoms. The number of aromatic amines is 1. The molecule has 2 bridgehead atoms. The monoisotopic (exact) mass is 381 g/mol. The first-order chi connectivity index (χ1) is 12.9. The zero-order valence-electron chi connectivity index (χ0n) is 15.4. The standard InChI is InChI=1S/C18H24FN3O5/c1-9-11-5-3-4-10-6-7-17(2)25-15(18(10,11)27-26-17)24-14(9)21-13-12(19)8-20-16(23)22-13/h8-11,14-15H,3-7H2,1-2H3,(H2,20,21,22,23)/t9-,10-,11?,14?,15-,17+,18-/m1/s1. The van der Waals surface area contributed by atoms with Gasteiger partial charge in [0.15, 0.2) is 17.7 Å². The highest BCUT2D eigenvalue weighted by atomic mass is 19.1. The van der Waals surface area contributed by atoms with Crippen LogP contribution in [0.4, 0.5) is 10.2 Å². The smallest absolute Gasteiger partial charge is 0.343 e. The molecule has 5 fully saturated rings. The molecule has 7 atom stereocenters. The largest absolute Gasteiger partial charge is 0.346 e. The molecule has 2 N–H and O–H groups in total. The van der Waals surface area contributed by atoms with Crippen molar-refractivity contribution in [1.29, 1.82) is 0 Å². The topological polar surface area (TPSA) is 94.7 Å². The lowest BCUT2D eigenvalue weighted by Gasteiger charge is -2.59. The average molecular weight is 381 g/mol. The fourth-order valence-electron chi connectivity index (χ4n) is 5.35. The summed E-state index contributed by atoms with van der Waals surface area (Å²) in [6.45, 7) is 3.91. The predicted molar refractivity (Wildman–Crippen MR) is 90.7 cm³/mol. The summed E-state index contributed by atoms with van der Waals surface area (Å²) in [7, 11) is 0. The molecule has 4 saturated heterocycles. The number of rotatable bonds is 2. The van der Waals surface area contributed by atoms with Crippen LogP contribution in [0, 0.1) is 23.6 Å². The van der Waals surface area contributed by atoms with E-state index in [0.29, 0.717) is 5.92 Å². The minimum Gasteiger partial charge on any atom is -0.343 e. The van der Waals surface area contributed by atoms with Crippen molar-refractivity contribution >= 4 is 5.82 Å². The molecule has 4 aliphatic heterocycles. The number of nitrogens with one attached hydrogen (secondary N) is 2. The van der Waals surface area contributed by atoms with Gasteiger partial charge in [0, 0.05) is 18.3 Å². The number of hydrogen-bond donors (Lipinski definition) is 2. The highest BCUT2D eigenvalue weighted by Crippen LogP contribution is 2.59. The maximum Gasteiger partial charge on any atom is 0.346 e. The number of aromatic nitrogens is 2. The van der Waals surface area contributed by atoms with Crippen molar-refractivity contribution in [3.8, 4) is 0 Å². The Labute approximate surface area is 155 Å². The number of nitrogens with zero attached hydrogens (tertiary/aromatic N) is 1. The molecular formula is C18H24FN3O5. The minimum absolute atomic E-state index is 0.00484. The summed E-state index contributed by atoms with van der Waals surface area (Å²) in [4.78, 5) is 29.0. The van der Waals surface area contributed by atoms with Gasteiger partial charge in [-0.05, 0) is 32.1 Å². The molecule has 0 aromatic carbocycles. The predicted octanol–water partition coefficient (Wildman–Crippen LogP) is 2.28. The lowest BCUT2D eigenvalue weighted by atomic mass is 9.61. The van der Waals surface area contributed by atoms with E-state index in [1.165, 1.54) is 0 Å². The maximum atomic E-state index is 14.1. The summed E-state index contributed by atoms with van der Waals surface area (Å²) in [6.07, 6.45) is 4.55. The van der Waals surface area contributed by atoms with Gasteiger partial charge in [0.2, 0.25) is 5.79 Å². The summed E-state index contributed by atoms with van der Waals surface area (Å²) in [5, 5.41) is 3.00. The molecule has 6 rings (SSSR count). The molecule has 1 aromatic rings. The minimum atomic E-state index is -0.848. The van der Waals surface area contributed by atoms with Crippen molar-refractivity contribution < 1.29 is 23.6 Å². The summed E-state index contributed by atoms with van der Waals surface area (Å²) in [5.41, 5.74) is -1.26. The van der Waals surface area contributed by atoms with Crippen LogP contribution in [0.2, 0.25) is 0 Å². The summed E-state index contributed by atoms with van der Waals surface area (Å²) in [6, 6.07) is 0. The molecule has 5 heterocycles. The van der Waals surface area contributed by atoms with E-state index >= 15 is 0 Å². The number of anilines is 1. The second-order valence-corrected chi connectivity index (χ2v) is 8.35. The Kier molecular flexibility index (Phi) is 3.88. The Bertz CT molecular complexity index is 805. The Hall–Kier alpha value is -1.55. The SMILES string of the molecule is C[C@H]1C(Nc2[nH]c(=O)ncc2F)O[C@@H]2O[C@]3(C)CC[C@H]4CCCC1[C@]42OO3. The molecule has 0 amide bonds. The van der Waals surface area contributed by atoms with Crippen LogP contribution in [0.1, 0.15) is 46.0 Å². The van der Waals surface area contributed by atoms with Crippen LogP contribution < -0.4 is 11.0 Å². The molecule has 2 unspecified atom stereocenters. The van der Waals surface area contributed by atoms with Gasteiger partial charge in [-0.3, -0.25) is 4.98 Å². The lowest BCUT2D eigenvalue weighted by molar-refractivity contribution is -0.568. The first-order valence-electron chi connectivity index (χ1n) is 9.63. The third-order valence-electron chi connectivity index (χ3n) is 6.75. The first-order valence-corrected chi connectivity index (χ1v) is 9.63. The van der Waals surface area contributed by atoms with Gasteiger partial charge in [0.25, 0.3) is 0 Å². The van der Waals surface area contributed by atoms with Crippen molar-refractivity contribution in [3.05, 3.63) is 22.5 Å². The van der Waals surface area contributed by atoms with E-state index in [-0.39, 0.29) is 17.7 Å². The van der Waals surface area contributed by atoms with Gasteiger partial charge in [0.1, 0.15) is 12.0 Å². The number of H-pyrrole nitrogens is 1. The molecule has 8 nitrogen and oxygen atoms in total. The van der Waals surface area contributed by atoms with Crippen LogP contribution in [0.15, 0.2) is 11.0 Å². The van der Waals surface area contributed by atoms with Crippen molar-refractivity contribution in [3.63, 3.8) is 0 Å². The van der Waals surface area contributed by atoms with Crippen LogP contribution in [0.25, 0.3) is 0 Å². The fraction of sp³-hybridized carbons (Fsp3) is 0.778. The van der Waals surface area contributed by atoms with Gasteiger partial charge >= 0.3 is 5.69 Å². The van der Waals surface area contributed by atoms with Gasteiger partial charge in [-0.1, -0.05) is 13.3 Å². The van der Waals surface area contributed by atoms with Crippen LogP contribution in [0.3, 0.4) is 0 Å². The van der Waals surface area contributed by atoms with Crippen molar-refractivity contribution in [2.75, 3.05) is 5.32 Å². The first kappa shape index (κ1) is 17.5. The second kappa shape index (κ2) is 5.97. The third-order valence-corrected chi connectivity index (χ3v) is 6.75. The summed E-state index contributed by atoms with van der Waals surface area (Å²) >= 11 is 0. The zero-order chi connectivity index (χ0) is 18.8. The fourth-order valence-corrected chi connectivity index (χ4v) is 5.35. The molecule has 1 spiro atoms. The van der Waals surface area contributed by atoms with E-state index in [0.717, 1.165) is 38.3 Å². The maximum absolute atomic E-state index is 14.1. The van der Waals surface area contributed by atoms with Crippen LogP contribution in [-0.2, 0) is 19.2 Å². The van der Waals surface area contributed by atoms with Crippen LogP contribution in [0.5, 0.6) is 0 Å². The van der Waals surface area contributed by atoms with Crippen molar-refractivity contribution in [2.45, 2.75) is 69.9 Å². The number of halogens is 1. The molecule has 9 heteroatoms. The highest BCUT2D eigenvalue weighted by Gasteiger charge is 2.68. The van der Waals surface area contributed by atoms with E-state index in [1.807, 2.05) is 6.92 Å². The van der Waals surface area contributed by atoms with Crippen LogP contribution >= 0.6 is 0 Å². The Morgan fingerprint density at radius 1 is 1.33 bits per heavy atom. The average Bonchev–Trinajstić information content (AvgIpc) is 2.87. The zero-order valence-corrected chi connectivity index (χ0v) is 15.4. The number of ether oxygens (including phenoxy) is 2. The van der Waals surface area contributed by atoms with E-state index < -0.39 is 35.4 Å². The summed E-state index contributed by atoms with van der Waals surface area (Å²) in [5.74, 6) is -1.09. The molecule has 1 aromatic heterocycles. The molecular weight excluding hydrogens is 357 g/mol. The van der Waals surface area contributed by atoms with E-state index in [1.54, 1.807) is 0 Å². The van der Waals surface area contributed by atoms with Gasteiger partial charge in [-0.15, -0.1) is 0 Å². The highest BCUT2D eigenvalue weighted by molar-refractivity contribution is 5.35. The molecule has 148 valence electrons. The third kappa shape index (κ3) is 2.55. The number of hydrogen-bond acceptors (Lipinski definition) is 7. The molecule has 5 aliphatic rings. The lowest BCUT2D eigenvalue weighted by Crippen LogP contribution is -2.70. The molecule has 0 radical (unpaired) electrons. The Balaban J connectivity index is 1.50. The van der Waals surface area contributed by atoms with Crippen molar-refractivity contribution in [1.82, 2.24) is 9.97 Å². The Morgan fingerprint density at radius 2 is 2.19 bits per heavy atom. The number of fused-ring (bicyclic) bond motifs is 2. The summed E-state index contributed by atoms with van der Waals surface area (Å²) < 4.78 is 26.6. The van der Waals surface area contributed by atoms with E-state index in [2.05, 4.69) is 22.2 Å². The van der Waals surface area contributed by atoms with Gasteiger partial charge < -0.3 is 14.8 Å².